The molecule has 0 spiro atoms. The largest absolute Gasteiger partial charge is 0.413 e. The molecule has 0 bridgehead atoms. The number of allylic oxidation sites excluding steroid dienone is 7. The molecule has 8 nitrogen and oxygen atoms in total. The number of rotatable bonds is 12. The molecule has 1 aliphatic rings. The Bertz CT molecular complexity index is 1220. The molecule has 218 valence electrons. The van der Waals surface area contributed by atoms with E-state index in [-0.39, 0.29) is 23.6 Å². The summed E-state index contributed by atoms with van der Waals surface area (Å²) in [6.45, 7) is 8.74. The van der Waals surface area contributed by atoms with E-state index < -0.39 is 17.7 Å². The zero-order valence-electron chi connectivity index (χ0n) is 23.5. The van der Waals surface area contributed by atoms with Crippen LogP contribution in [0.4, 0.5) is 13.2 Å². The Balaban J connectivity index is 2.42. The van der Waals surface area contributed by atoms with Crippen molar-refractivity contribution in [2.75, 3.05) is 34.2 Å². The van der Waals surface area contributed by atoms with Crippen molar-refractivity contribution in [3.63, 3.8) is 0 Å². The van der Waals surface area contributed by atoms with Gasteiger partial charge in [0.2, 0.25) is 0 Å². The smallest absolute Gasteiger partial charge is 0.396 e. The summed E-state index contributed by atoms with van der Waals surface area (Å²) in [6.07, 6.45) is 6.74. The maximum Gasteiger partial charge on any atom is 0.413 e. The number of aromatic nitrogens is 1. The van der Waals surface area contributed by atoms with Crippen LogP contribution in [-0.2, 0) is 4.79 Å². The van der Waals surface area contributed by atoms with Gasteiger partial charge in [-0.2, -0.15) is 13.2 Å². The number of nitrogens with zero attached hydrogens (tertiary/aromatic N) is 4. The van der Waals surface area contributed by atoms with Crippen LogP contribution in [0.2, 0.25) is 0 Å². The number of halogens is 3. The van der Waals surface area contributed by atoms with Gasteiger partial charge in [-0.1, -0.05) is 32.6 Å². The molecular weight excluding hydrogens is 539 g/mol. The highest BCUT2D eigenvalue weighted by molar-refractivity contribution is 7.10. The standard InChI is InChI=1S/C28H38F3N7OS/c1-7-8-20(13-25(19(2)3)38(33)17-24(32)26-16-34-18-40-26)27(39)35-22-14-21(28(29,30)31)9-10-23(15-22)37(6)12-11-36(4)5/h7-8,10,13-19H,1,9,11-12,32-33H2,2-6H3,(H,35,39)/b20-8+,24-17-,25-13+. The first-order valence-electron chi connectivity index (χ1n) is 12.5. The molecule has 40 heavy (non-hydrogen) atoms. The minimum atomic E-state index is -4.55. The van der Waals surface area contributed by atoms with Crippen molar-refractivity contribution in [3.05, 3.63) is 94.1 Å². The van der Waals surface area contributed by atoms with Crippen LogP contribution in [0.1, 0.15) is 25.1 Å². The molecule has 2 rings (SSSR count). The third-order valence-corrected chi connectivity index (χ3v) is 6.68. The van der Waals surface area contributed by atoms with Crippen molar-refractivity contribution in [2.45, 2.75) is 26.4 Å². The molecule has 0 unspecified atom stereocenters. The molecule has 0 atom stereocenters. The Labute approximate surface area is 238 Å². The van der Waals surface area contributed by atoms with E-state index in [0.29, 0.717) is 30.2 Å². The predicted molar refractivity (Wildman–Crippen MR) is 156 cm³/mol. The summed E-state index contributed by atoms with van der Waals surface area (Å²) in [5, 5.41) is 3.96. The average Bonchev–Trinajstić information content (AvgIpc) is 3.31. The molecule has 5 N–H and O–H groups in total. The zero-order valence-corrected chi connectivity index (χ0v) is 24.3. The second-order valence-electron chi connectivity index (χ2n) is 9.72. The molecule has 1 aromatic rings. The van der Waals surface area contributed by atoms with Crippen molar-refractivity contribution < 1.29 is 18.0 Å². The van der Waals surface area contributed by atoms with Crippen molar-refractivity contribution in [2.24, 2.45) is 17.5 Å². The van der Waals surface area contributed by atoms with E-state index in [9.17, 15) is 18.0 Å². The highest BCUT2D eigenvalue weighted by Crippen LogP contribution is 2.32. The van der Waals surface area contributed by atoms with E-state index in [4.69, 9.17) is 11.6 Å². The van der Waals surface area contributed by atoms with E-state index in [0.717, 1.165) is 11.0 Å². The number of carbonyl (C=O) groups excluding carboxylic acids is 1. The first kappa shape index (κ1) is 32.6. The van der Waals surface area contributed by atoms with Gasteiger partial charge in [0.05, 0.1) is 16.1 Å². The Morgan fingerprint density at radius 1 is 1.25 bits per heavy atom. The number of thiazole rings is 1. The fourth-order valence-electron chi connectivity index (χ4n) is 3.60. The van der Waals surface area contributed by atoms with Gasteiger partial charge in [-0.3, -0.25) is 14.8 Å². The number of hydrazine groups is 1. The summed E-state index contributed by atoms with van der Waals surface area (Å²) < 4.78 is 41.2. The summed E-state index contributed by atoms with van der Waals surface area (Å²) in [4.78, 5) is 21.9. The van der Waals surface area contributed by atoms with Gasteiger partial charge in [0.25, 0.3) is 5.91 Å². The average molecular weight is 578 g/mol. The number of nitrogens with one attached hydrogen (secondary N) is 1. The van der Waals surface area contributed by atoms with Crippen LogP contribution in [0, 0.1) is 5.92 Å². The van der Waals surface area contributed by atoms with E-state index in [1.807, 2.05) is 37.7 Å². The lowest BCUT2D eigenvalue weighted by molar-refractivity contribution is -0.116. The predicted octanol–water partition coefficient (Wildman–Crippen LogP) is 4.50. The minimum Gasteiger partial charge on any atom is -0.396 e. The third kappa shape index (κ3) is 9.85. The SMILES string of the molecule is C=C/C=C(\C=C(/C(C)C)N(N)/C=C(\N)c1cncs1)C(=O)NC1=CC(N(C)CCN(C)C)=CCC(C(F)(F)F)=C1. The molecule has 1 amide bonds. The van der Waals surface area contributed by atoms with E-state index in [2.05, 4.69) is 16.9 Å². The van der Waals surface area contributed by atoms with Crippen LogP contribution < -0.4 is 16.9 Å². The normalized spacial score (nSPS) is 15.4. The number of alkyl halides is 3. The highest BCUT2D eigenvalue weighted by atomic mass is 32.1. The summed E-state index contributed by atoms with van der Waals surface area (Å²) in [5.41, 5.74) is 8.70. The molecular formula is C28H38F3N7OS. The van der Waals surface area contributed by atoms with Crippen LogP contribution in [0.3, 0.4) is 0 Å². The van der Waals surface area contributed by atoms with Gasteiger partial charge in [-0.05, 0) is 50.7 Å². The number of nitrogens with two attached hydrogens (primary N) is 2. The molecule has 0 saturated heterocycles. The molecule has 1 heterocycles. The Morgan fingerprint density at radius 3 is 2.50 bits per heavy atom. The van der Waals surface area contributed by atoms with Crippen LogP contribution in [0.5, 0.6) is 0 Å². The van der Waals surface area contributed by atoms with Crippen LogP contribution >= 0.6 is 11.3 Å². The molecule has 0 fully saturated rings. The number of likely N-dealkylation sites (N-methyl/N-ethyl adjacent to an activating group) is 2. The lowest BCUT2D eigenvalue weighted by Gasteiger charge is -2.23. The van der Waals surface area contributed by atoms with E-state index in [1.54, 1.807) is 30.9 Å². The molecule has 0 aromatic carbocycles. The Morgan fingerprint density at radius 2 is 1.95 bits per heavy atom. The lowest BCUT2D eigenvalue weighted by atomic mass is 10.1. The fourth-order valence-corrected chi connectivity index (χ4v) is 4.15. The molecule has 1 aliphatic carbocycles. The summed E-state index contributed by atoms with van der Waals surface area (Å²) in [7, 11) is 5.63. The van der Waals surface area contributed by atoms with Gasteiger partial charge >= 0.3 is 6.18 Å². The first-order chi connectivity index (χ1) is 18.7. The topological polar surface area (TPSA) is 104 Å². The van der Waals surface area contributed by atoms with E-state index in [1.165, 1.54) is 40.8 Å². The summed E-state index contributed by atoms with van der Waals surface area (Å²) in [5.74, 6) is 5.54. The van der Waals surface area contributed by atoms with Gasteiger partial charge in [0, 0.05) is 60.8 Å². The van der Waals surface area contributed by atoms with Gasteiger partial charge in [-0.25, -0.2) is 5.84 Å². The Hall–Kier alpha value is -3.61. The highest BCUT2D eigenvalue weighted by Gasteiger charge is 2.34. The van der Waals surface area contributed by atoms with Crippen LogP contribution in [-0.4, -0.2) is 66.1 Å². The van der Waals surface area contributed by atoms with Crippen LogP contribution in [0.15, 0.2) is 89.2 Å². The van der Waals surface area contributed by atoms with Crippen molar-refractivity contribution in [3.8, 4) is 0 Å². The minimum absolute atomic E-state index is 0.0196. The number of carbonyl (C=O) groups is 1. The Kier molecular flexibility index (Phi) is 12.0. The number of hydrogen-bond acceptors (Lipinski definition) is 8. The molecule has 0 aliphatic heterocycles. The van der Waals surface area contributed by atoms with Crippen molar-refractivity contribution >= 4 is 22.9 Å². The quantitative estimate of drug-likeness (QED) is 0.146. The monoisotopic (exact) mass is 577 g/mol. The zero-order chi connectivity index (χ0) is 30.0. The fraction of sp³-hybridized carbons (Fsp3) is 0.357. The second kappa shape index (κ2) is 14.7. The maximum atomic E-state index is 13.7. The summed E-state index contributed by atoms with van der Waals surface area (Å²) >= 11 is 1.35. The van der Waals surface area contributed by atoms with Gasteiger partial charge in [0.1, 0.15) is 0 Å². The first-order valence-corrected chi connectivity index (χ1v) is 13.4. The maximum absolute atomic E-state index is 13.7. The van der Waals surface area contributed by atoms with Gasteiger partial charge in [0.15, 0.2) is 0 Å². The summed E-state index contributed by atoms with van der Waals surface area (Å²) in [6, 6.07) is 0. The van der Waals surface area contributed by atoms with Crippen molar-refractivity contribution in [1.82, 2.24) is 25.1 Å². The van der Waals surface area contributed by atoms with E-state index >= 15 is 0 Å². The van der Waals surface area contributed by atoms with Gasteiger partial charge < -0.3 is 20.9 Å². The second-order valence-corrected chi connectivity index (χ2v) is 10.6. The third-order valence-electron chi connectivity index (χ3n) is 5.86. The van der Waals surface area contributed by atoms with Crippen LogP contribution in [0.25, 0.3) is 5.70 Å². The van der Waals surface area contributed by atoms with Gasteiger partial charge in [-0.15, -0.1) is 11.3 Å². The number of amides is 1. The molecule has 12 heteroatoms. The molecule has 0 radical (unpaired) electrons. The molecule has 1 aromatic heterocycles. The van der Waals surface area contributed by atoms with Crippen molar-refractivity contribution in [1.29, 1.82) is 0 Å². The lowest BCUT2D eigenvalue weighted by Crippen LogP contribution is -2.30. The molecule has 0 saturated carbocycles. The number of hydrogen-bond donors (Lipinski definition) is 3.